The lowest BCUT2D eigenvalue weighted by atomic mass is 10.4. The Labute approximate surface area is 66.1 Å². The van der Waals surface area contributed by atoms with E-state index in [4.69, 9.17) is 11.5 Å². The molecule has 1 amide bonds. The Morgan fingerprint density at radius 3 is 2.36 bits per heavy atom. The van der Waals surface area contributed by atoms with Crippen LogP contribution in [0.25, 0.3) is 0 Å². The van der Waals surface area contributed by atoms with Crippen molar-refractivity contribution in [2.75, 3.05) is 20.6 Å². The van der Waals surface area contributed by atoms with Gasteiger partial charge in [0.15, 0.2) is 5.96 Å². The molecule has 0 rings (SSSR count). The SMILES string of the molecule is CN(C)C(=O)CCN=C(N)N. The summed E-state index contributed by atoms with van der Waals surface area (Å²) in [6, 6.07) is 0. The Balaban J connectivity index is 3.56. The van der Waals surface area contributed by atoms with Gasteiger partial charge < -0.3 is 16.4 Å². The van der Waals surface area contributed by atoms with Crippen LogP contribution in [0.1, 0.15) is 6.42 Å². The van der Waals surface area contributed by atoms with Gasteiger partial charge in [0.25, 0.3) is 0 Å². The van der Waals surface area contributed by atoms with Gasteiger partial charge >= 0.3 is 0 Å². The first kappa shape index (κ1) is 9.74. The van der Waals surface area contributed by atoms with E-state index < -0.39 is 0 Å². The van der Waals surface area contributed by atoms with Crippen LogP contribution in [0.15, 0.2) is 4.99 Å². The van der Waals surface area contributed by atoms with Crippen molar-refractivity contribution in [3.63, 3.8) is 0 Å². The third kappa shape index (κ3) is 5.20. The number of guanidine groups is 1. The number of aliphatic imine (C=N–C) groups is 1. The normalized spacial score (nSPS) is 8.91. The molecule has 0 aromatic carbocycles. The molecule has 0 aliphatic heterocycles. The molecule has 0 aromatic rings. The number of carbonyl (C=O) groups excluding carboxylic acids is 1. The molecule has 0 aliphatic carbocycles. The molecule has 0 saturated heterocycles. The molecule has 5 heteroatoms. The summed E-state index contributed by atoms with van der Waals surface area (Å²) >= 11 is 0. The summed E-state index contributed by atoms with van der Waals surface area (Å²) in [6.45, 7) is 0.360. The standard InChI is InChI=1S/C6H14N4O/c1-10(2)5(11)3-4-9-6(7)8/h3-4H2,1-2H3,(H4,7,8,9). The molecule has 4 N–H and O–H groups in total. The summed E-state index contributed by atoms with van der Waals surface area (Å²) in [7, 11) is 3.38. The monoisotopic (exact) mass is 158 g/mol. The van der Waals surface area contributed by atoms with Gasteiger partial charge in [0, 0.05) is 20.5 Å². The minimum Gasteiger partial charge on any atom is -0.370 e. The molecule has 0 aliphatic rings. The summed E-state index contributed by atoms with van der Waals surface area (Å²) in [5, 5.41) is 0. The lowest BCUT2D eigenvalue weighted by Gasteiger charge is -2.07. The molecule has 0 heterocycles. The number of nitrogens with two attached hydrogens (primary N) is 2. The first-order valence-corrected chi connectivity index (χ1v) is 3.29. The molecule has 5 nitrogen and oxygen atoms in total. The summed E-state index contributed by atoms with van der Waals surface area (Å²) in [6.07, 6.45) is 0.352. The zero-order valence-corrected chi connectivity index (χ0v) is 6.87. The van der Waals surface area contributed by atoms with Gasteiger partial charge in [0.05, 0.1) is 6.54 Å². The molecule has 0 radical (unpaired) electrons. The molecule has 0 saturated carbocycles. The van der Waals surface area contributed by atoms with Crippen molar-refractivity contribution in [2.45, 2.75) is 6.42 Å². The molecule has 0 atom stereocenters. The maximum absolute atomic E-state index is 10.9. The minimum absolute atomic E-state index is 0.0231. The second-order valence-electron chi connectivity index (χ2n) is 2.34. The predicted octanol–water partition coefficient (Wildman–Crippen LogP) is -1.26. The molecule has 0 spiro atoms. The fraction of sp³-hybridized carbons (Fsp3) is 0.667. The third-order valence-electron chi connectivity index (χ3n) is 1.12. The van der Waals surface area contributed by atoms with Crippen LogP contribution in [-0.2, 0) is 4.79 Å². The molecular weight excluding hydrogens is 144 g/mol. The maximum Gasteiger partial charge on any atom is 0.223 e. The van der Waals surface area contributed by atoms with E-state index in [1.54, 1.807) is 14.1 Å². The number of carbonyl (C=O) groups is 1. The number of hydrogen-bond acceptors (Lipinski definition) is 2. The number of amides is 1. The van der Waals surface area contributed by atoms with E-state index in [1.807, 2.05) is 0 Å². The third-order valence-corrected chi connectivity index (χ3v) is 1.12. The van der Waals surface area contributed by atoms with Crippen LogP contribution in [0.2, 0.25) is 0 Å². The molecule has 0 bridgehead atoms. The zero-order chi connectivity index (χ0) is 8.85. The zero-order valence-electron chi connectivity index (χ0n) is 6.87. The van der Waals surface area contributed by atoms with E-state index in [-0.39, 0.29) is 11.9 Å². The lowest BCUT2D eigenvalue weighted by Crippen LogP contribution is -2.25. The highest BCUT2D eigenvalue weighted by molar-refractivity contribution is 5.78. The topological polar surface area (TPSA) is 84.7 Å². The van der Waals surface area contributed by atoms with Crippen molar-refractivity contribution in [1.82, 2.24) is 4.90 Å². The van der Waals surface area contributed by atoms with Crippen LogP contribution in [0.4, 0.5) is 0 Å². The van der Waals surface area contributed by atoms with Gasteiger partial charge in [0.2, 0.25) is 5.91 Å². The highest BCUT2D eigenvalue weighted by Gasteiger charge is 2.01. The quantitative estimate of drug-likeness (QED) is 0.397. The largest absolute Gasteiger partial charge is 0.370 e. The van der Waals surface area contributed by atoms with E-state index in [0.717, 1.165) is 0 Å². The second kappa shape index (κ2) is 4.54. The van der Waals surface area contributed by atoms with Gasteiger partial charge in [0.1, 0.15) is 0 Å². The summed E-state index contributed by atoms with van der Waals surface area (Å²) in [5.41, 5.74) is 10.1. The molecule has 0 fully saturated rings. The smallest absolute Gasteiger partial charge is 0.223 e. The second-order valence-corrected chi connectivity index (χ2v) is 2.34. The first-order valence-electron chi connectivity index (χ1n) is 3.29. The van der Waals surface area contributed by atoms with E-state index in [9.17, 15) is 4.79 Å². The van der Waals surface area contributed by atoms with Crippen molar-refractivity contribution in [3.05, 3.63) is 0 Å². The summed E-state index contributed by atoms with van der Waals surface area (Å²) < 4.78 is 0. The van der Waals surface area contributed by atoms with Gasteiger partial charge in [-0.05, 0) is 0 Å². The van der Waals surface area contributed by atoms with Crippen LogP contribution in [0.5, 0.6) is 0 Å². The van der Waals surface area contributed by atoms with Crippen LogP contribution >= 0.6 is 0 Å². The molecule has 64 valence electrons. The van der Waals surface area contributed by atoms with E-state index in [2.05, 4.69) is 4.99 Å². The highest BCUT2D eigenvalue weighted by Crippen LogP contribution is 1.86. The average molecular weight is 158 g/mol. The lowest BCUT2D eigenvalue weighted by molar-refractivity contribution is -0.128. The molecule has 11 heavy (non-hydrogen) atoms. The van der Waals surface area contributed by atoms with Crippen molar-refractivity contribution in [3.8, 4) is 0 Å². The van der Waals surface area contributed by atoms with Crippen LogP contribution < -0.4 is 11.5 Å². The fourth-order valence-corrected chi connectivity index (χ4v) is 0.504. The van der Waals surface area contributed by atoms with Crippen LogP contribution in [0, 0.1) is 0 Å². The predicted molar refractivity (Wildman–Crippen MR) is 44.0 cm³/mol. The minimum atomic E-state index is 0.0231. The highest BCUT2D eigenvalue weighted by atomic mass is 16.2. The van der Waals surface area contributed by atoms with Crippen molar-refractivity contribution >= 4 is 11.9 Å². The fourth-order valence-electron chi connectivity index (χ4n) is 0.504. The van der Waals surface area contributed by atoms with Crippen LogP contribution in [0.3, 0.4) is 0 Å². The van der Waals surface area contributed by atoms with Crippen LogP contribution in [-0.4, -0.2) is 37.4 Å². The van der Waals surface area contributed by atoms with E-state index in [0.29, 0.717) is 13.0 Å². The average Bonchev–Trinajstić information content (AvgIpc) is 1.86. The van der Waals surface area contributed by atoms with Crippen molar-refractivity contribution < 1.29 is 4.79 Å². The van der Waals surface area contributed by atoms with Crippen molar-refractivity contribution in [1.29, 1.82) is 0 Å². The Morgan fingerprint density at radius 1 is 1.45 bits per heavy atom. The Morgan fingerprint density at radius 2 is 2.00 bits per heavy atom. The van der Waals surface area contributed by atoms with E-state index in [1.165, 1.54) is 4.90 Å². The Bertz CT molecular complexity index is 160. The molecular formula is C6H14N4O. The van der Waals surface area contributed by atoms with Gasteiger partial charge in [-0.15, -0.1) is 0 Å². The van der Waals surface area contributed by atoms with Crippen molar-refractivity contribution in [2.24, 2.45) is 16.5 Å². The van der Waals surface area contributed by atoms with Gasteiger partial charge in [-0.1, -0.05) is 0 Å². The van der Waals surface area contributed by atoms with Gasteiger partial charge in [-0.2, -0.15) is 0 Å². The summed E-state index contributed by atoms with van der Waals surface area (Å²) in [5.74, 6) is 0.0477. The van der Waals surface area contributed by atoms with Gasteiger partial charge in [-0.25, -0.2) is 0 Å². The molecule has 0 unspecified atom stereocenters. The Hall–Kier alpha value is -1.26. The number of hydrogen-bond donors (Lipinski definition) is 2. The number of nitrogens with zero attached hydrogens (tertiary/aromatic N) is 2. The first-order chi connectivity index (χ1) is 5.04. The maximum atomic E-state index is 10.9. The van der Waals surface area contributed by atoms with E-state index >= 15 is 0 Å². The molecule has 0 aromatic heterocycles. The van der Waals surface area contributed by atoms with Gasteiger partial charge in [-0.3, -0.25) is 9.79 Å². The Kier molecular flexibility index (Phi) is 4.02. The summed E-state index contributed by atoms with van der Waals surface area (Å²) in [4.78, 5) is 16.1. The number of rotatable bonds is 3.